The molecule has 0 atom stereocenters. The smallest absolute Gasteiger partial charge is 0.339 e. The van der Waals surface area contributed by atoms with Crippen molar-refractivity contribution in [3.63, 3.8) is 0 Å². The molecule has 20 heavy (non-hydrogen) atoms. The van der Waals surface area contributed by atoms with Gasteiger partial charge in [0.15, 0.2) is 0 Å². The van der Waals surface area contributed by atoms with E-state index in [1.54, 1.807) is 10.9 Å². The summed E-state index contributed by atoms with van der Waals surface area (Å²) in [5.74, 6) is 0. The minimum Gasteiger partial charge on any atom is -0.422 e. The average Bonchev–Trinajstić information content (AvgIpc) is 3.01. The molecule has 0 saturated heterocycles. The van der Waals surface area contributed by atoms with Crippen LogP contribution in [0.4, 0.5) is 0 Å². The maximum atomic E-state index is 12.1. The third kappa shape index (κ3) is 1.68. The van der Waals surface area contributed by atoms with Crippen molar-refractivity contribution in [2.45, 2.75) is 25.7 Å². The van der Waals surface area contributed by atoms with E-state index in [2.05, 4.69) is 5.10 Å². The minimum atomic E-state index is -0.176. The van der Waals surface area contributed by atoms with Gasteiger partial charge in [-0.05, 0) is 49.4 Å². The third-order valence-electron chi connectivity index (χ3n) is 3.98. The predicted octanol–water partition coefficient (Wildman–Crippen LogP) is 2.86. The Labute approximate surface area is 115 Å². The first-order valence-electron chi connectivity index (χ1n) is 6.91. The molecule has 3 aromatic rings. The number of rotatable bonds is 1. The van der Waals surface area contributed by atoms with Gasteiger partial charge >= 0.3 is 5.63 Å². The molecule has 1 aromatic carbocycles. The Hall–Kier alpha value is -2.36. The minimum absolute atomic E-state index is 0.176. The number of aryl methyl sites for hydroxylation is 1. The van der Waals surface area contributed by atoms with E-state index in [1.807, 2.05) is 30.5 Å². The molecule has 4 rings (SSSR count). The zero-order valence-corrected chi connectivity index (χ0v) is 11.0. The standard InChI is InChI=1S/C16H14N2O2/c19-16-14-5-2-1-4-12(14)13-7-6-11(10-15(13)20-16)18-9-3-8-17-18/h3,6-10H,1-2,4-5H2. The number of fused-ring (bicyclic) bond motifs is 3. The second-order valence-corrected chi connectivity index (χ2v) is 5.18. The highest BCUT2D eigenvalue weighted by atomic mass is 16.4. The van der Waals surface area contributed by atoms with Crippen LogP contribution in [0, 0.1) is 0 Å². The third-order valence-corrected chi connectivity index (χ3v) is 3.98. The summed E-state index contributed by atoms with van der Waals surface area (Å²) in [5.41, 5.74) is 3.43. The molecule has 0 radical (unpaired) electrons. The van der Waals surface area contributed by atoms with Crippen molar-refractivity contribution < 1.29 is 4.42 Å². The number of hydrogen-bond acceptors (Lipinski definition) is 3. The van der Waals surface area contributed by atoms with Gasteiger partial charge in [-0.3, -0.25) is 0 Å². The summed E-state index contributed by atoms with van der Waals surface area (Å²) < 4.78 is 7.26. The van der Waals surface area contributed by atoms with E-state index in [-0.39, 0.29) is 5.63 Å². The van der Waals surface area contributed by atoms with Crippen LogP contribution in [-0.4, -0.2) is 9.78 Å². The summed E-state index contributed by atoms with van der Waals surface area (Å²) in [7, 11) is 0. The quantitative estimate of drug-likeness (QED) is 0.636. The fourth-order valence-electron chi connectivity index (χ4n) is 3.00. The molecule has 2 heterocycles. The zero-order valence-electron chi connectivity index (χ0n) is 11.0. The average molecular weight is 266 g/mol. The Bertz CT molecular complexity index is 832. The highest BCUT2D eigenvalue weighted by Crippen LogP contribution is 2.27. The van der Waals surface area contributed by atoms with Gasteiger partial charge in [0.05, 0.1) is 5.69 Å². The van der Waals surface area contributed by atoms with Gasteiger partial charge in [0.1, 0.15) is 5.58 Å². The van der Waals surface area contributed by atoms with E-state index in [9.17, 15) is 4.79 Å². The van der Waals surface area contributed by atoms with Gasteiger partial charge < -0.3 is 4.42 Å². The van der Waals surface area contributed by atoms with Crippen LogP contribution in [0.1, 0.15) is 24.0 Å². The topological polar surface area (TPSA) is 48.0 Å². The first-order valence-corrected chi connectivity index (χ1v) is 6.91. The largest absolute Gasteiger partial charge is 0.422 e. The highest BCUT2D eigenvalue weighted by Gasteiger charge is 2.18. The van der Waals surface area contributed by atoms with Crippen molar-refractivity contribution >= 4 is 11.0 Å². The molecule has 1 aliphatic rings. The lowest BCUT2D eigenvalue weighted by Gasteiger charge is -2.16. The van der Waals surface area contributed by atoms with E-state index in [1.165, 1.54) is 5.56 Å². The molecule has 0 fully saturated rings. The molecule has 100 valence electrons. The first-order chi connectivity index (χ1) is 9.83. The van der Waals surface area contributed by atoms with E-state index >= 15 is 0 Å². The van der Waals surface area contributed by atoms with Crippen LogP contribution >= 0.6 is 0 Å². The highest BCUT2D eigenvalue weighted by molar-refractivity contribution is 5.83. The fraction of sp³-hybridized carbons (Fsp3) is 0.250. The lowest BCUT2D eigenvalue weighted by atomic mass is 9.90. The van der Waals surface area contributed by atoms with Crippen LogP contribution in [0.25, 0.3) is 16.7 Å². The lowest BCUT2D eigenvalue weighted by Crippen LogP contribution is -2.15. The number of aromatic nitrogens is 2. The Morgan fingerprint density at radius 3 is 2.80 bits per heavy atom. The van der Waals surface area contributed by atoms with Crippen LogP contribution in [0.2, 0.25) is 0 Å². The Morgan fingerprint density at radius 1 is 1.15 bits per heavy atom. The molecule has 2 aromatic heterocycles. The lowest BCUT2D eigenvalue weighted by molar-refractivity contribution is 0.533. The molecule has 0 unspecified atom stereocenters. The molecule has 0 saturated carbocycles. The van der Waals surface area contributed by atoms with Crippen LogP contribution < -0.4 is 5.63 Å². The summed E-state index contributed by atoms with van der Waals surface area (Å²) in [5, 5.41) is 5.27. The molecule has 0 aliphatic heterocycles. The van der Waals surface area contributed by atoms with Crippen molar-refractivity contribution in [1.82, 2.24) is 9.78 Å². The molecule has 4 nitrogen and oxygen atoms in total. The number of hydrogen-bond donors (Lipinski definition) is 0. The maximum Gasteiger partial charge on any atom is 0.339 e. The number of nitrogens with zero attached hydrogens (tertiary/aromatic N) is 2. The van der Waals surface area contributed by atoms with E-state index in [4.69, 9.17) is 4.42 Å². The zero-order chi connectivity index (χ0) is 13.5. The van der Waals surface area contributed by atoms with Crippen molar-refractivity contribution in [1.29, 1.82) is 0 Å². The summed E-state index contributed by atoms with van der Waals surface area (Å²) in [6.45, 7) is 0. The summed E-state index contributed by atoms with van der Waals surface area (Å²) in [4.78, 5) is 12.1. The van der Waals surface area contributed by atoms with Gasteiger partial charge in [-0.2, -0.15) is 5.10 Å². The van der Waals surface area contributed by atoms with Gasteiger partial charge in [-0.25, -0.2) is 9.48 Å². The molecule has 4 heteroatoms. The van der Waals surface area contributed by atoms with Crippen LogP contribution in [0.3, 0.4) is 0 Å². The Balaban J connectivity index is 1.98. The van der Waals surface area contributed by atoms with E-state index in [0.717, 1.165) is 42.3 Å². The molecule has 0 amide bonds. The SMILES string of the molecule is O=c1oc2cc(-n3cccn3)ccc2c2c1CCCC2. The van der Waals surface area contributed by atoms with Gasteiger partial charge in [0, 0.05) is 29.4 Å². The summed E-state index contributed by atoms with van der Waals surface area (Å²) in [6, 6.07) is 7.81. The number of benzene rings is 1. The summed E-state index contributed by atoms with van der Waals surface area (Å²) in [6.07, 6.45) is 7.64. The van der Waals surface area contributed by atoms with Gasteiger partial charge in [0.25, 0.3) is 0 Å². The maximum absolute atomic E-state index is 12.1. The molecular formula is C16H14N2O2. The van der Waals surface area contributed by atoms with E-state index in [0.29, 0.717) is 5.58 Å². The molecule has 0 N–H and O–H groups in total. The molecular weight excluding hydrogens is 252 g/mol. The van der Waals surface area contributed by atoms with Gasteiger partial charge in [-0.15, -0.1) is 0 Å². The van der Waals surface area contributed by atoms with Crippen LogP contribution in [0.5, 0.6) is 0 Å². The van der Waals surface area contributed by atoms with Crippen molar-refractivity contribution in [2.24, 2.45) is 0 Å². The van der Waals surface area contributed by atoms with Crippen molar-refractivity contribution in [3.05, 3.63) is 58.2 Å². The van der Waals surface area contributed by atoms with E-state index < -0.39 is 0 Å². The summed E-state index contributed by atoms with van der Waals surface area (Å²) >= 11 is 0. The molecule has 1 aliphatic carbocycles. The van der Waals surface area contributed by atoms with Crippen LogP contribution in [0.15, 0.2) is 45.9 Å². The Morgan fingerprint density at radius 2 is 2.00 bits per heavy atom. The Kier molecular flexibility index (Phi) is 2.49. The second kappa shape index (κ2) is 4.34. The normalized spacial score (nSPS) is 14.4. The van der Waals surface area contributed by atoms with Crippen molar-refractivity contribution in [2.75, 3.05) is 0 Å². The second-order valence-electron chi connectivity index (χ2n) is 5.18. The first kappa shape index (κ1) is 11.5. The monoisotopic (exact) mass is 266 g/mol. The fourth-order valence-corrected chi connectivity index (χ4v) is 3.00. The van der Waals surface area contributed by atoms with Gasteiger partial charge in [0.2, 0.25) is 0 Å². The van der Waals surface area contributed by atoms with Crippen molar-refractivity contribution in [3.8, 4) is 5.69 Å². The van der Waals surface area contributed by atoms with Gasteiger partial charge in [-0.1, -0.05) is 0 Å². The molecule has 0 bridgehead atoms. The molecule has 0 spiro atoms. The predicted molar refractivity (Wildman–Crippen MR) is 76.2 cm³/mol. The van der Waals surface area contributed by atoms with Crippen LogP contribution in [-0.2, 0) is 12.8 Å².